The minimum atomic E-state index is -1.01. The summed E-state index contributed by atoms with van der Waals surface area (Å²) in [6.07, 6.45) is 1.84. The molecule has 5 nitrogen and oxygen atoms in total. The van der Waals surface area contributed by atoms with Crippen molar-refractivity contribution >= 4 is 31.8 Å². The maximum atomic E-state index is 11.3. The van der Waals surface area contributed by atoms with Crippen LogP contribution in [0.15, 0.2) is 23.7 Å². The highest BCUT2D eigenvalue weighted by atomic mass is 32.1. The van der Waals surface area contributed by atoms with Crippen molar-refractivity contribution in [2.75, 3.05) is 12.9 Å². The molecule has 0 aromatic heterocycles. The minimum absolute atomic E-state index is 0.160. The van der Waals surface area contributed by atoms with Gasteiger partial charge >= 0.3 is 13.1 Å². The molecule has 0 aliphatic carbocycles. The smallest absolute Gasteiger partial charge is 0.491 e. The molecular weight excluding hydrogens is 327 g/mol. The molecule has 1 N–H and O–H groups in total. The van der Waals surface area contributed by atoms with Gasteiger partial charge in [-0.25, -0.2) is 4.79 Å². The molecule has 0 radical (unpaired) electrons. The molecule has 0 unspecified atom stereocenters. The van der Waals surface area contributed by atoms with Crippen LogP contribution in [-0.2, 0) is 9.31 Å². The van der Waals surface area contributed by atoms with E-state index in [1.165, 1.54) is 13.2 Å². The van der Waals surface area contributed by atoms with Crippen LogP contribution in [0.25, 0.3) is 6.08 Å². The van der Waals surface area contributed by atoms with Gasteiger partial charge in [-0.3, -0.25) is 0 Å². The molecule has 0 saturated carbocycles. The molecule has 0 bridgehead atoms. The fourth-order valence-electron chi connectivity index (χ4n) is 2.34. The fraction of sp³-hybridized carbons (Fsp3) is 0.471. The Bertz CT molecular complexity index is 653. The molecular formula is C17H23BO5S. The minimum Gasteiger partial charge on any atom is -0.497 e. The van der Waals surface area contributed by atoms with Crippen molar-refractivity contribution in [2.24, 2.45) is 0 Å². The summed E-state index contributed by atoms with van der Waals surface area (Å²) in [7, 11) is 0.981. The summed E-state index contributed by atoms with van der Waals surface area (Å²) in [5.74, 6) is -0.101. The van der Waals surface area contributed by atoms with Crippen LogP contribution in [0.1, 0.15) is 43.6 Å². The summed E-state index contributed by atoms with van der Waals surface area (Å²) in [4.78, 5) is 11.3. The van der Waals surface area contributed by atoms with Crippen LogP contribution >= 0.6 is 12.6 Å². The van der Waals surface area contributed by atoms with Gasteiger partial charge in [0, 0.05) is 5.75 Å². The molecule has 0 spiro atoms. The van der Waals surface area contributed by atoms with E-state index in [9.17, 15) is 9.90 Å². The number of methoxy groups -OCH3 is 1. The number of benzene rings is 1. The van der Waals surface area contributed by atoms with E-state index < -0.39 is 24.3 Å². The second-order valence-corrected chi connectivity index (χ2v) is 7.08. The quantitative estimate of drug-likeness (QED) is 0.630. The Labute approximate surface area is 148 Å². The van der Waals surface area contributed by atoms with Crippen LogP contribution in [0.5, 0.6) is 5.75 Å². The second-order valence-electron chi connectivity index (χ2n) is 6.77. The first kappa shape index (κ1) is 18.9. The predicted octanol–water partition coefficient (Wildman–Crippen LogP) is 3.34. The lowest BCUT2D eigenvalue weighted by Crippen LogP contribution is -2.41. The summed E-state index contributed by atoms with van der Waals surface area (Å²) in [5, 5.41) is 9.23. The van der Waals surface area contributed by atoms with Gasteiger partial charge in [0.05, 0.1) is 23.9 Å². The van der Waals surface area contributed by atoms with Gasteiger partial charge < -0.3 is 19.2 Å². The van der Waals surface area contributed by atoms with Crippen LogP contribution in [0.2, 0.25) is 0 Å². The van der Waals surface area contributed by atoms with Crippen LogP contribution in [0.4, 0.5) is 0 Å². The van der Waals surface area contributed by atoms with Crippen LogP contribution in [0.3, 0.4) is 0 Å². The molecule has 1 heterocycles. The van der Waals surface area contributed by atoms with Gasteiger partial charge in [0.1, 0.15) is 5.75 Å². The lowest BCUT2D eigenvalue weighted by molar-refractivity contribution is 0.00578. The Hall–Kier alpha value is -1.44. The Morgan fingerprint density at radius 2 is 1.83 bits per heavy atom. The highest BCUT2D eigenvalue weighted by Gasteiger charge is 2.52. The van der Waals surface area contributed by atoms with Crippen molar-refractivity contribution in [1.82, 2.24) is 0 Å². The third kappa shape index (κ3) is 3.79. The number of hydrogen-bond acceptors (Lipinski definition) is 5. The van der Waals surface area contributed by atoms with Crippen molar-refractivity contribution in [3.05, 3.63) is 34.8 Å². The normalized spacial score (nSPS) is 19.4. The van der Waals surface area contributed by atoms with E-state index in [4.69, 9.17) is 14.0 Å². The first-order chi connectivity index (χ1) is 11.1. The molecule has 1 aliphatic rings. The summed E-state index contributed by atoms with van der Waals surface area (Å²) >= 11 is 4.37. The lowest BCUT2D eigenvalue weighted by atomic mass is 9.78. The third-order valence-electron chi connectivity index (χ3n) is 4.50. The zero-order valence-electron chi connectivity index (χ0n) is 14.6. The monoisotopic (exact) mass is 350 g/mol. The number of ether oxygens (including phenoxy) is 1. The van der Waals surface area contributed by atoms with E-state index in [0.29, 0.717) is 17.1 Å². The van der Waals surface area contributed by atoms with E-state index in [-0.39, 0.29) is 5.56 Å². The molecule has 2 rings (SSSR count). The number of carbonyl (C=O) groups is 1. The van der Waals surface area contributed by atoms with E-state index in [1.807, 2.05) is 33.8 Å². The topological polar surface area (TPSA) is 65.0 Å². The lowest BCUT2D eigenvalue weighted by Gasteiger charge is -2.32. The van der Waals surface area contributed by atoms with Gasteiger partial charge in [-0.1, -0.05) is 6.08 Å². The molecule has 24 heavy (non-hydrogen) atoms. The predicted molar refractivity (Wildman–Crippen MR) is 97.9 cm³/mol. The highest BCUT2D eigenvalue weighted by molar-refractivity contribution is 7.80. The molecule has 1 aromatic carbocycles. The van der Waals surface area contributed by atoms with Gasteiger partial charge in [-0.2, -0.15) is 12.6 Å². The number of carboxylic acid groups (broad SMARTS) is 1. The van der Waals surface area contributed by atoms with Crippen LogP contribution < -0.4 is 4.74 Å². The fourth-order valence-corrected chi connectivity index (χ4v) is 2.58. The largest absolute Gasteiger partial charge is 0.497 e. The number of aromatic carboxylic acids is 1. The van der Waals surface area contributed by atoms with Crippen molar-refractivity contribution in [3.63, 3.8) is 0 Å². The summed E-state index contributed by atoms with van der Waals surface area (Å²) < 4.78 is 17.3. The zero-order valence-corrected chi connectivity index (χ0v) is 15.5. The van der Waals surface area contributed by atoms with E-state index in [0.717, 1.165) is 5.47 Å². The maximum Gasteiger partial charge on any atom is 0.491 e. The Morgan fingerprint density at radius 3 is 2.29 bits per heavy atom. The van der Waals surface area contributed by atoms with E-state index in [2.05, 4.69) is 12.6 Å². The van der Waals surface area contributed by atoms with Crippen molar-refractivity contribution in [2.45, 2.75) is 38.9 Å². The number of thiol groups is 1. The number of rotatable bonds is 5. The molecule has 7 heteroatoms. The average molecular weight is 350 g/mol. The summed E-state index contributed by atoms with van der Waals surface area (Å²) in [6, 6.07) is 4.83. The molecule has 1 aliphatic heterocycles. The Morgan fingerprint density at radius 1 is 1.25 bits per heavy atom. The first-order valence-electron chi connectivity index (χ1n) is 7.69. The SMILES string of the molecule is COc1cc(C=C(CS)B2OC(C)(C)C(C)(C)O2)cc(C(=O)O)c1. The van der Waals surface area contributed by atoms with Gasteiger partial charge in [-0.15, -0.1) is 0 Å². The molecule has 1 aromatic rings. The van der Waals surface area contributed by atoms with Crippen LogP contribution in [-0.4, -0.2) is 42.3 Å². The standard InChI is InChI=1S/C17H23BO5S/c1-16(2)17(3,4)23-18(22-16)13(10-24)7-11-6-12(15(19)20)9-14(8-11)21-5/h6-9,24H,10H2,1-5H3,(H,19,20). The molecule has 0 amide bonds. The van der Waals surface area contributed by atoms with E-state index in [1.54, 1.807) is 12.1 Å². The summed E-state index contributed by atoms with van der Waals surface area (Å²) in [5.41, 5.74) is 0.792. The first-order valence-corrected chi connectivity index (χ1v) is 8.32. The number of hydrogen-bond donors (Lipinski definition) is 2. The van der Waals surface area contributed by atoms with Crippen molar-refractivity contribution in [1.29, 1.82) is 0 Å². The van der Waals surface area contributed by atoms with Gasteiger partial charge in [0.15, 0.2) is 0 Å². The Balaban J connectivity index is 2.38. The molecule has 1 saturated heterocycles. The number of carboxylic acids is 1. The van der Waals surface area contributed by atoms with Gasteiger partial charge in [-0.05, 0) is 56.9 Å². The highest BCUT2D eigenvalue weighted by Crippen LogP contribution is 2.39. The second kappa shape index (κ2) is 6.82. The molecule has 130 valence electrons. The van der Waals surface area contributed by atoms with Crippen LogP contribution in [0, 0.1) is 0 Å². The van der Waals surface area contributed by atoms with Gasteiger partial charge in [0.2, 0.25) is 0 Å². The summed E-state index contributed by atoms with van der Waals surface area (Å²) in [6.45, 7) is 7.93. The van der Waals surface area contributed by atoms with Gasteiger partial charge in [0.25, 0.3) is 0 Å². The van der Waals surface area contributed by atoms with E-state index >= 15 is 0 Å². The maximum absolute atomic E-state index is 11.3. The molecule has 0 atom stereocenters. The van der Waals surface area contributed by atoms with Crippen molar-refractivity contribution < 1.29 is 23.9 Å². The average Bonchev–Trinajstić information content (AvgIpc) is 2.72. The third-order valence-corrected chi connectivity index (χ3v) is 4.87. The zero-order chi connectivity index (χ0) is 18.1. The van der Waals surface area contributed by atoms with Crippen molar-refractivity contribution in [3.8, 4) is 5.75 Å². The molecule has 1 fully saturated rings. The Kier molecular flexibility index (Phi) is 5.37.